The maximum Gasteiger partial charge on any atom is 0.410 e. The average molecular weight is 186 g/mol. The predicted octanol–water partition coefficient (Wildman–Crippen LogP) is 2.47. The van der Waals surface area contributed by atoms with E-state index in [-0.39, 0.29) is 18.2 Å². The van der Waals surface area contributed by atoms with E-state index in [1.54, 1.807) is 4.90 Å². The Morgan fingerprint density at radius 3 is 2.08 bits per heavy atom. The lowest BCUT2D eigenvalue weighted by atomic mass is 10.2. The summed E-state index contributed by atoms with van der Waals surface area (Å²) in [5.74, 6) is 0. The maximum atomic E-state index is 11.5. The fourth-order valence-electron chi connectivity index (χ4n) is 1.25. The minimum atomic E-state index is -0.233. The molecule has 0 aromatic carbocycles. The van der Waals surface area contributed by atoms with Gasteiger partial charge in [0.05, 0.1) is 6.61 Å². The molecule has 1 amide bonds. The molecule has 0 aliphatic heterocycles. The van der Waals surface area contributed by atoms with Gasteiger partial charge in [0.15, 0.2) is 0 Å². The normalized spacial score (nSPS) is 10.7. The van der Waals surface area contributed by atoms with Crippen molar-refractivity contribution in [1.82, 2.24) is 4.90 Å². The van der Waals surface area contributed by atoms with Gasteiger partial charge < -0.3 is 9.64 Å². The molecule has 0 aromatic rings. The lowest BCUT2D eigenvalue weighted by molar-refractivity contribution is 0.0852. The summed E-state index contributed by atoms with van der Waals surface area (Å²) in [5, 5.41) is 0. The van der Waals surface area contributed by atoms with Gasteiger partial charge in [0.1, 0.15) is 0 Å². The van der Waals surface area contributed by atoms with E-state index in [9.17, 15) is 4.79 Å². The first-order valence-electron chi connectivity index (χ1n) is 4.73. The van der Waals surface area contributed by atoms with E-state index in [0.29, 0.717) is 6.61 Å². The van der Waals surface area contributed by atoms with Gasteiger partial charge in [-0.15, -0.1) is 0 Å². The summed E-state index contributed by atoms with van der Waals surface area (Å²) in [6.07, 6.45) is 1.58. The van der Waals surface area contributed by atoms with Crippen LogP contribution in [0.3, 0.4) is 0 Å². The predicted molar refractivity (Wildman–Crippen MR) is 53.4 cm³/mol. The molecule has 0 aromatic heterocycles. The van der Waals surface area contributed by atoms with Gasteiger partial charge >= 0.3 is 6.09 Å². The quantitative estimate of drug-likeness (QED) is 0.675. The third-order valence-corrected chi connectivity index (χ3v) is 1.70. The average Bonchev–Trinajstić information content (AvgIpc) is 1.99. The van der Waals surface area contributed by atoms with E-state index in [2.05, 4.69) is 0 Å². The fourth-order valence-corrected chi connectivity index (χ4v) is 1.25. The van der Waals surface area contributed by atoms with Crippen LogP contribution in [0.2, 0.25) is 0 Å². The van der Waals surface area contributed by atoms with E-state index >= 15 is 0 Å². The topological polar surface area (TPSA) is 29.5 Å². The van der Waals surface area contributed by atoms with Crippen molar-refractivity contribution >= 4 is 6.09 Å². The summed E-state index contributed by atoms with van der Waals surface area (Å²) in [4.78, 5) is 13.2. The summed E-state index contributed by atoms with van der Waals surface area (Å²) < 4.78 is 5.01. The van der Waals surface area contributed by atoms with Gasteiger partial charge in [-0.25, -0.2) is 4.79 Å². The monoisotopic (exact) mass is 186 g/mol. The molecule has 0 saturated carbocycles. The van der Waals surface area contributed by atoms with Crippen molar-refractivity contribution in [2.75, 3.05) is 6.61 Å². The highest BCUT2D eigenvalue weighted by atomic mass is 16.6. The summed E-state index contributed by atoms with van der Waals surface area (Å²) in [6.45, 7) is 10.2. The summed E-state index contributed by atoms with van der Waals surface area (Å²) >= 11 is 0. The molecule has 0 N–H and O–H groups in total. The van der Waals surface area contributed by atoms with E-state index in [1.807, 2.05) is 41.0 Å². The standard InChI is InChI=1S/C10H20NO2/c1-6-7-13-10(12)11(8(2)3)9(4)5/h6,8-9H,7H2,1-5H3. The largest absolute Gasteiger partial charge is 0.449 e. The molecule has 13 heavy (non-hydrogen) atoms. The highest BCUT2D eigenvalue weighted by Crippen LogP contribution is 2.07. The zero-order valence-corrected chi connectivity index (χ0v) is 9.20. The zero-order valence-electron chi connectivity index (χ0n) is 9.20. The Balaban J connectivity index is 4.13. The third-order valence-electron chi connectivity index (χ3n) is 1.70. The number of carbonyl (C=O) groups excluding carboxylic acids is 1. The van der Waals surface area contributed by atoms with Crippen LogP contribution in [0, 0.1) is 6.42 Å². The van der Waals surface area contributed by atoms with Gasteiger partial charge in [-0.05, 0) is 34.1 Å². The van der Waals surface area contributed by atoms with Crippen LogP contribution in [0.1, 0.15) is 34.6 Å². The number of amides is 1. The van der Waals surface area contributed by atoms with Gasteiger partial charge in [-0.1, -0.05) is 6.92 Å². The van der Waals surface area contributed by atoms with Crippen LogP contribution in [0.25, 0.3) is 0 Å². The Morgan fingerprint density at radius 1 is 1.31 bits per heavy atom. The van der Waals surface area contributed by atoms with Gasteiger partial charge in [0.25, 0.3) is 0 Å². The number of hydrogen-bond donors (Lipinski definition) is 0. The molecule has 0 atom stereocenters. The van der Waals surface area contributed by atoms with Crippen molar-refractivity contribution in [3.63, 3.8) is 0 Å². The maximum absolute atomic E-state index is 11.5. The SMILES string of the molecule is C[CH]COC(=O)N(C(C)C)C(C)C. The van der Waals surface area contributed by atoms with Crippen LogP contribution in [-0.2, 0) is 4.74 Å². The van der Waals surface area contributed by atoms with Crippen molar-refractivity contribution in [3.8, 4) is 0 Å². The first-order valence-corrected chi connectivity index (χ1v) is 4.73. The van der Waals surface area contributed by atoms with Crippen molar-refractivity contribution in [1.29, 1.82) is 0 Å². The second-order valence-electron chi connectivity index (χ2n) is 3.58. The Kier molecular flexibility index (Phi) is 5.51. The van der Waals surface area contributed by atoms with Crippen molar-refractivity contribution in [2.24, 2.45) is 0 Å². The molecule has 0 bridgehead atoms. The second-order valence-corrected chi connectivity index (χ2v) is 3.58. The van der Waals surface area contributed by atoms with Crippen LogP contribution in [0.5, 0.6) is 0 Å². The first-order chi connectivity index (χ1) is 6.00. The smallest absolute Gasteiger partial charge is 0.410 e. The molecule has 0 fully saturated rings. The Morgan fingerprint density at radius 2 is 1.77 bits per heavy atom. The van der Waals surface area contributed by atoms with Gasteiger partial charge in [-0.2, -0.15) is 0 Å². The molecule has 1 radical (unpaired) electrons. The van der Waals surface area contributed by atoms with Crippen LogP contribution in [0.15, 0.2) is 0 Å². The molecule has 3 nitrogen and oxygen atoms in total. The zero-order chi connectivity index (χ0) is 10.4. The summed E-state index contributed by atoms with van der Waals surface area (Å²) in [7, 11) is 0. The van der Waals surface area contributed by atoms with E-state index in [1.165, 1.54) is 0 Å². The van der Waals surface area contributed by atoms with Crippen LogP contribution >= 0.6 is 0 Å². The molecule has 0 saturated heterocycles. The van der Waals surface area contributed by atoms with E-state index < -0.39 is 0 Å². The lowest BCUT2D eigenvalue weighted by Gasteiger charge is -2.29. The van der Waals surface area contributed by atoms with Crippen molar-refractivity contribution in [2.45, 2.75) is 46.7 Å². The minimum absolute atomic E-state index is 0.185. The molecule has 0 heterocycles. The number of hydrogen-bond acceptors (Lipinski definition) is 2. The van der Waals surface area contributed by atoms with Crippen molar-refractivity contribution < 1.29 is 9.53 Å². The van der Waals surface area contributed by atoms with Crippen molar-refractivity contribution in [3.05, 3.63) is 6.42 Å². The van der Waals surface area contributed by atoms with Crippen LogP contribution < -0.4 is 0 Å². The molecule has 0 aliphatic carbocycles. The van der Waals surface area contributed by atoms with E-state index in [4.69, 9.17) is 4.74 Å². The molecule has 0 rings (SSSR count). The highest BCUT2D eigenvalue weighted by molar-refractivity contribution is 5.68. The van der Waals surface area contributed by atoms with Gasteiger partial charge in [-0.3, -0.25) is 0 Å². The molecular weight excluding hydrogens is 166 g/mol. The molecule has 3 heteroatoms. The Bertz CT molecular complexity index is 147. The fraction of sp³-hybridized carbons (Fsp3) is 0.800. The van der Waals surface area contributed by atoms with E-state index in [0.717, 1.165) is 0 Å². The number of nitrogens with zero attached hydrogens (tertiary/aromatic N) is 1. The number of ether oxygens (including phenoxy) is 1. The second kappa shape index (κ2) is 5.84. The molecular formula is C10H20NO2. The summed E-state index contributed by atoms with van der Waals surface area (Å²) in [6, 6.07) is 0.369. The Hall–Kier alpha value is -0.730. The minimum Gasteiger partial charge on any atom is -0.449 e. The number of carbonyl (C=O) groups is 1. The molecule has 0 spiro atoms. The summed E-state index contributed by atoms with van der Waals surface area (Å²) in [5.41, 5.74) is 0. The number of rotatable bonds is 4. The molecule has 0 aliphatic rings. The lowest BCUT2D eigenvalue weighted by Crippen LogP contribution is -2.42. The highest BCUT2D eigenvalue weighted by Gasteiger charge is 2.20. The van der Waals surface area contributed by atoms with Crippen LogP contribution in [0.4, 0.5) is 4.79 Å². The van der Waals surface area contributed by atoms with Gasteiger partial charge in [0.2, 0.25) is 0 Å². The first kappa shape index (κ1) is 12.3. The van der Waals surface area contributed by atoms with Crippen LogP contribution in [-0.4, -0.2) is 29.7 Å². The third kappa shape index (κ3) is 4.15. The Labute approximate surface area is 81.1 Å². The molecule has 77 valence electrons. The van der Waals surface area contributed by atoms with Gasteiger partial charge in [0, 0.05) is 12.1 Å². The molecule has 0 unspecified atom stereocenters.